The molecule has 0 unspecified atom stereocenters. The maximum atomic E-state index is 5.39. The van der Waals surface area contributed by atoms with E-state index in [9.17, 15) is 0 Å². The van der Waals surface area contributed by atoms with E-state index in [2.05, 4.69) is 9.88 Å². The van der Waals surface area contributed by atoms with Crippen LogP contribution < -0.4 is 4.74 Å². The van der Waals surface area contributed by atoms with E-state index in [-0.39, 0.29) is 0 Å². The first-order valence-electron chi connectivity index (χ1n) is 6.41. The van der Waals surface area contributed by atoms with Crippen molar-refractivity contribution in [1.29, 1.82) is 0 Å². The Labute approximate surface area is 113 Å². The Bertz CT molecular complexity index is 357. The van der Waals surface area contributed by atoms with Crippen molar-refractivity contribution in [2.24, 2.45) is 0 Å². The van der Waals surface area contributed by atoms with Gasteiger partial charge in [-0.05, 0) is 13.0 Å². The van der Waals surface area contributed by atoms with Crippen LogP contribution in [0.5, 0.6) is 5.88 Å². The predicted molar refractivity (Wildman–Crippen MR) is 73.4 cm³/mol. The smallest absolute Gasteiger partial charge is 0.214 e. The van der Waals surface area contributed by atoms with Crippen LogP contribution in [-0.2, 0) is 4.74 Å². The molecular weight excluding hydrogens is 248 g/mol. The van der Waals surface area contributed by atoms with Crippen LogP contribution >= 0.6 is 11.8 Å². The lowest BCUT2D eigenvalue weighted by Gasteiger charge is -2.26. The largest absolute Gasteiger partial charge is 0.478 e. The first kappa shape index (κ1) is 13.6. The van der Waals surface area contributed by atoms with Gasteiger partial charge in [0.15, 0.2) is 0 Å². The number of thioether (sulfide) groups is 1. The maximum Gasteiger partial charge on any atom is 0.214 e. The van der Waals surface area contributed by atoms with Crippen LogP contribution in [0.25, 0.3) is 0 Å². The minimum Gasteiger partial charge on any atom is -0.478 e. The number of rotatable bonds is 6. The van der Waals surface area contributed by atoms with Crippen LogP contribution in [0.4, 0.5) is 0 Å². The topological polar surface area (TPSA) is 34.6 Å². The molecular formula is C13H20N2O2S. The minimum atomic E-state index is 0.662. The quantitative estimate of drug-likeness (QED) is 0.736. The van der Waals surface area contributed by atoms with E-state index in [4.69, 9.17) is 9.47 Å². The van der Waals surface area contributed by atoms with Crippen molar-refractivity contribution in [1.82, 2.24) is 9.88 Å². The molecule has 0 amide bonds. The molecule has 0 atom stereocenters. The van der Waals surface area contributed by atoms with Crippen molar-refractivity contribution in [3.05, 3.63) is 18.2 Å². The van der Waals surface area contributed by atoms with Crippen molar-refractivity contribution >= 4 is 11.8 Å². The summed E-state index contributed by atoms with van der Waals surface area (Å²) >= 11 is 1.78. The molecule has 4 nitrogen and oxygen atoms in total. The van der Waals surface area contributed by atoms with Gasteiger partial charge in [-0.1, -0.05) is 6.07 Å². The van der Waals surface area contributed by atoms with Crippen molar-refractivity contribution in [2.45, 2.75) is 11.9 Å². The zero-order valence-corrected chi connectivity index (χ0v) is 11.6. The second kappa shape index (κ2) is 7.61. The van der Waals surface area contributed by atoms with Gasteiger partial charge in [-0.3, -0.25) is 4.90 Å². The summed E-state index contributed by atoms with van der Waals surface area (Å²) in [5.41, 5.74) is 0. The van der Waals surface area contributed by atoms with Crippen molar-refractivity contribution < 1.29 is 9.47 Å². The van der Waals surface area contributed by atoms with Crippen LogP contribution in [0.15, 0.2) is 23.2 Å². The van der Waals surface area contributed by atoms with Gasteiger partial charge in [0.2, 0.25) is 5.88 Å². The third-order valence-corrected chi connectivity index (χ3v) is 3.66. The minimum absolute atomic E-state index is 0.662. The normalized spacial score (nSPS) is 16.7. The lowest BCUT2D eigenvalue weighted by molar-refractivity contribution is 0.0410. The Morgan fingerprint density at radius 3 is 3.00 bits per heavy atom. The molecule has 0 saturated carbocycles. The van der Waals surface area contributed by atoms with Gasteiger partial charge in [-0.25, -0.2) is 4.98 Å². The Hall–Kier alpha value is -0.780. The molecule has 0 radical (unpaired) electrons. The number of pyridine rings is 1. The third-order valence-electron chi connectivity index (χ3n) is 2.75. The van der Waals surface area contributed by atoms with E-state index in [1.54, 1.807) is 11.8 Å². The first-order chi connectivity index (χ1) is 8.88. The average Bonchev–Trinajstić information content (AvgIpc) is 2.41. The molecule has 1 aliphatic rings. The predicted octanol–water partition coefficient (Wildman–Crippen LogP) is 1.90. The molecule has 1 aromatic rings. The summed E-state index contributed by atoms with van der Waals surface area (Å²) in [6.07, 6.45) is 0. The summed E-state index contributed by atoms with van der Waals surface area (Å²) in [5, 5.41) is 1.04. The standard InChI is InChI=1S/C13H20N2O2S/c1-2-17-12-4-3-5-13(14-12)18-11-8-15-6-9-16-10-7-15/h3-5H,2,6-11H2,1H3. The highest BCUT2D eigenvalue weighted by Crippen LogP contribution is 2.18. The molecule has 0 N–H and O–H groups in total. The highest BCUT2D eigenvalue weighted by atomic mass is 32.2. The van der Waals surface area contributed by atoms with Crippen LogP contribution in [0.1, 0.15) is 6.92 Å². The second-order valence-corrected chi connectivity index (χ2v) is 5.16. The van der Waals surface area contributed by atoms with Gasteiger partial charge in [0.25, 0.3) is 0 Å². The number of nitrogens with zero attached hydrogens (tertiary/aromatic N) is 2. The SMILES string of the molecule is CCOc1cccc(SCCN2CCOCC2)n1. The van der Waals surface area contributed by atoms with Gasteiger partial charge >= 0.3 is 0 Å². The summed E-state index contributed by atoms with van der Waals surface area (Å²) in [7, 11) is 0. The molecule has 0 aliphatic carbocycles. The molecule has 18 heavy (non-hydrogen) atoms. The third kappa shape index (κ3) is 4.48. The monoisotopic (exact) mass is 268 g/mol. The van der Waals surface area contributed by atoms with Gasteiger partial charge in [0.05, 0.1) is 19.8 Å². The summed E-state index contributed by atoms with van der Waals surface area (Å²) < 4.78 is 10.7. The molecule has 2 heterocycles. The van der Waals surface area contributed by atoms with Gasteiger partial charge in [-0.15, -0.1) is 11.8 Å². The van der Waals surface area contributed by atoms with Crippen LogP contribution in [-0.4, -0.2) is 55.1 Å². The van der Waals surface area contributed by atoms with E-state index in [0.29, 0.717) is 12.5 Å². The van der Waals surface area contributed by atoms with E-state index < -0.39 is 0 Å². The fourth-order valence-electron chi connectivity index (χ4n) is 1.81. The Morgan fingerprint density at radius 1 is 1.39 bits per heavy atom. The zero-order chi connectivity index (χ0) is 12.6. The summed E-state index contributed by atoms with van der Waals surface area (Å²) in [5.74, 6) is 1.77. The number of aromatic nitrogens is 1. The van der Waals surface area contributed by atoms with Gasteiger partial charge < -0.3 is 9.47 Å². The Morgan fingerprint density at radius 2 is 2.22 bits per heavy atom. The molecule has 5 heteroatoms. The zero-order valence-electron chi connectivity index (χ0n) is 10.8. The average molecular weight is 268 g/mol. The molecule has 1 saturated heterocycles. The number of ether oxygens (including phenoxy) is 2. The first-order valence-corrected chi connectivity index (χ1v) is 7.40. The van der Waals surface area contributed by atoms with Crippen LogP contribution in [0.2, 0.25) is 0 Å². The van der Waals surface area contributed by atoms with Gasteiger partial charge in [0.1, 0.15) is 5.03 Å². The molecule has 0 spiro atoms. The van der Waals surface area contributed by atoms with Crippen LogP contribution in [0, 0.1) is 0 Å². The summed E-state index contributed by atoms with van der Waals surface area (Å²) in [6, 6.07) is 5.93. The van der Waals surface area contributed by atoms with E-state index in [1.807, 2.05) is 25.1 Å². The highest BCUT2D eigenvalue weighted by Gasteiger charge is 2.09. The maximum absolute atomic E-state index is 5.39. The highest BCUT2D eigenvalue weighted by molar-refractivity contribution is 7.99. The fraction of sp³-hybridized carbons (Fsp3) is 0.615. The molecule has 1 aromatic heterocycles. The van der Waals surface area contributed by atoms with E-state index in [1.165, 1.54) is 0 Å². The molecule has 1 aliphatic heterocycles. The van der Waals surface area contributed by atoms with Crippen LogP contribution in [0.3, 0.4) is 0 Å². The number of hydrogen-bond donors (Lipinski definition) is 0. The molecule has 2 rings (SSSR count). The molecule has 0 aromatic carbocycles. The fourth-order valence-corrected chi connectivity index (χ4v) is 2.70. The molecule has 1 fully saturated rings. The summed E-state index contributed by atoms with van der Waals surface area (Å²) in [6.45, 7) is 7.55. The molecule has 100 valence electrons. The lowest BCUT2D eigenvalue weighted by Crippen LogP contribution is -2.37. The number of morpholine rings is 1. The molecule has 0 bridgehead atoms. The van der Waals surface area contributed by atoms with Gasteiger partial charge in [0, 0.05) is 31.5 Å². The van der Waals surface area contributed by atoms with Gasteiger partial charge in [-0.2, -0.15) is 0 Å². The lowest BCUT2D eigenvalue weighted by atomic mass is 10.4. The van der Waals surface area contributed by atoms with Crippen molar-refractivity contribution in [3.8, 4) is 5.88 Å². The van der Waals surface area contributed by atoms with Crippen molar-refractivity contribution in [2.75, 3.05) is 45.2 Å². The Kier molecular flexibility index (Phi) is 5.77. The Balaban J connectivity index is 1.73. The second-order valence-electron chi connectivity index (χ2n) is 4.05. The van der Waals surface area contributed by atoms with Crippen molar-refractivity contribution in [3.63, 3.8) is 0 Å². The summed E-state index contributed by atoms with van der Waals surface area (Å²) in [4.78, 5) is 6.88. The number of hydrogen-bond acceptors (Lipinski definition) is 5. The van der Waals surface area contributed by atoms with E-state index in [0.717, 1.165) is 43.6 Å². The van der Waals surface area contributed by atoms with E-state index >= 15 is 0 Å².